The fourth-order valence-electron chi connectivity index (χ4n) is 0.502. The number of rotatable bonds is 3. The van der Waals surface area contributed by atoms with Crippen molar-refractivity contribution >= 4 is 6.16 Å². The fraction of sp³-hybridized carbons (Fsp3) is 0.833. The van der Waals surface area contributed by atoms with Crippen LogP contribution >= 0.6 is 0 Å². The summed E-state index contributed by atoms with van der Waals surface area (Å²) in [6, 6.07) is 0. The Morgan fingerprint density at radius 2 is 1.64 bits per heavy atom. The zero-order chi connectivity index (χ0) is 11.4. The van der Waals surface area contributed by atoms with Crippen molar-refractivity contribution in [3.63, 3.8) is 0 Å². The molecule has 3 nitrogen and oxygen atoms in total. The molecule has 0 rings (SSSR count). The first-order valence-electron chi connectivity index (χ1n) is 3.38. The lowest BCUT2D eigenvalue weighted by atomic mass is 10.3. The zero-order valence-corrected chi connectivity index (χ0v) is 7.03. The van der Waals surface area contributed by atoms with Gasteiger partial charge in [-0.1, -0.05) is 0 Å². The molecule has 0 aliphatic carbocycles. The minimum absolute atomic E-state index is 0.766. The van der Waals surface area contributed by atoms with Crippen molar-refractivity contribution in [1.29, 1.82) is 0 Å². The second-order valence-electron chi connectivity index (χ2n) is 2.31. The van der Waals surface area contributed by atoms with E-state index in [9.17, 15) is 26.7 Å². The second kappa shape index (κ2) is 4.43. The Balaban J connectivity index is 4.01. The van der Waals surface area contributed by atoms with Crippen LogP contribution in [0.5, 0.6) is 0 Å². The molecule has 0 aromatic heterocycles. The van der Waals surface area contributed by atoms with Crippen molar-refractivity contribution < 1.29 is 36.2 Å². The molecule has 0 unspecified atom stereocenters. The molecule has 14 heavy (non-hydrogen) atoms. The van der Waals surface area contributed by atoms with Crippen LogP contribution in [0.3, 0.4) is 0 Å². The Kier molecular flexibility index (Phi) is 4.08. The van der Waals surface area contributed by atoms with E-state index in [2.05, 4.69) is 9.47 Å². The number of hydrogen-bond donors (Lipinski definition) is 0. The highest BCUT2D eigenvalue weighted by Gasteiger charge is 2.40. The smallest absolute Gasteiger partial charge is 0.437 e. The maximum absolute atomic E-state index is 12.4. The van der Waals surface area contributed by atoms with E-state index in [1.54, 1.807) is 0 Å². The summed E-state index contributed by atoms with van der Waals surface area (Å²) >= 11 is 0. The van der Waals surface area contributed by atoms with Gasteiger partial charge in [-0.05, 0) is 0 Å². The lowest BCUT2D eigenvalue weighted by molar-refractivity contribution is -0.232. The molecular weight excluding hydrogens is 215 g/mol. The van der Waals surface area contributed by atoms with Crippen LogP contribution in [-0.4, -0.2) is 25.6 Å². The van der Waals surface area contributed by atoms with Gasteiger partial charge in [0.1, 0.15) is 0 Å². The van der Waals surface area contributed by atoms with Gasteiger partial charge in [0.25, 0.3) is 0 Å². The van der Waals surface area contributed by atoms with Crippen LogP contribution in [0.2, 0.25) is 0 Å². The third-order valence-electron chi connectivity index (χ3n) is 1.10. The number of carbonyl (C=O) groups excluding carboxylic acids is 1. The van der Waals surface area contributed by atoms with Crippen molar-refractivity contribution in [2.24, 2.45) is 0 Å². The van der Waals surface area contributed by atoms with Crippen LogP contribution in [0, 0.1) is 0 Å². The largest absolute Gasteiger partial charge is 0.512 e. The van der Waals surface area contributed by atoms with Gasteiger partial charge >= 0.3 is 18.4 Å². The summed E-state index contributed by atoms with van der Waals surface area (Å²) in [4.78, 5) is 10.1. The van der Waals surface area contributed by atoms with E-state index in [-0.39, 0.29) is 0 Å². The van der Waals surface area contributed by atoms with E-state index in [4.69, 9.17) is 0 Å². The number of alkyl halides is 5. The Bertz CT molecular complexity index is 200. The van der Waals surface area contributed by atoms with Gasteiger partial charge in [-0.2, -0.15) is 22.0 Å². The van der Waals surface area contributed by atoms with Gasteiger partial charge in [0, 0.05) is 0 Å². The van der Waals surface area contributed by atoms with E-state index in [0.29, 0.717) is 0 Å². The Labute approximate surface area is 75.8 Å². The molecule has 0 spiro atoms. The van der Waals surface area contributed by atoms with Crippen LogP contribution in [-0.2, 0) is 9.47 Å². The van der Waals surface area contributed by atoms with Crippen LogP contribution in [0.15, 0.2) is 0 Å². The van der Waals surface area contributed by atoms with E-state index < -0.39 is 31.3 Å². The summed E-state index contributed by atoms with van der Waals surface area (Å²) in [7, 11) is 0.766. The Hall–Kier alpha value is -1.08. The lowest BCUT2D eigenvalue weighted by Gasteiger charge is -2.16. The van der Waals surface area contributed by atoms with Gasteiger partial charge in [0.15, 0.2) is 0 Å². The van der Waals surface area contributed by atoms with Gasteiger partial charge in [-0.25, -0.2) is 4.79 Å². The van der Waals surface area contributed by atoms with Crippen LogP contribution in [0.4, 0.5) is 26.7 Å². The van der Waals surface area contributed by atoms with Crippen molar-refractivity contribution in [3.8, 4) is 0 Å². The molecule has 0 aromatic rings. The summed E-state index contributed by atoms with van der Waals surface area (Å²) in [5, 5.41) is 0. The molecule has 8 heteroatoms. The first-order valence-corrected chi connectivity index (χ1v) is 3.38. The second-order valence-corrected chi connectivity index (χ2v) is 2.31. The van der Waals surface area contributed by atoms with Gasteiger partial charge < -0.3 is 9.47 Å². The minimum atomic E-state index is -4.72. The molecule has 0 fully saturated rings. The molecule has 0 aliphatic heterocycles. The Morgan fingerprint density at radius 3 is 2.00 bits per heavy atom. The number of carbonyl (C=O) groups is 1. The maximum atomic E-state index is 12.4. The molecule has 0 aliphatic rings. The SMILES string of the molecule is COC(=O)OC(F)(F)CCC(F)(F)F. The molecule has 0 aromatic carbocycles. The molecule has 0 N–H and O–H groups in total. The highest BCUT2D eigenvalue weighted by molar-refractivity contribution is 5.59. The average molecular weight is 222 g/mol. The number of methoxy groups -OCH3 is 1. The first kappa shape index (κ1) is 12.9. The number of halogens is 5. The molecule has 0 atom stereocenters. The summed E-state index contributed by atoms with van der Waals surface area (Å²) in [6.45, 7) is 0. The monoisotopic (exact) mass is 222 g/mol. The quantitative estimate of drug-likeness (QED) is 0.544. The standard InChI is InChI=1S/C6H7F5O3/c1-13-4(12)14-6(10,11)3-2-5(7,8)9/h2-3H2,1H3. The van der Waals surface area contributed by atoms with Gasteiger partial charge in [0.2, 0.25) is 0 Å². The third-order valence-corrected chi connectivity index (χ3v) is 1.10. The van der Waals surface area contributed by atoms with Crippen molar-refractivity contribution in [2.45, 2.75) is 25.1 Å². The van der Waals surface area contributed by atoms with E-state index in [0.717, 1.165) is 7.11 Å². The third kappa shape index (κ3) is 6.44. The van der Waals surface area contributed by atoms with Crippen LogP contribution < -0.4 is 0 Å². The van der Waals surface area contributed by atoms with Crippen molar-refractivity contribution in [1.82, 2.24) is 0 Å². The predicted octanol–water partition coefficient (Wildman–Crippen LogP) is 2.70. The molecule has 0 radical (unpaired) electrons. The summed E-state index contributed by atoms with van der Waals surface area (Å²) in [5.41, 5.74) is 0. The lowest BCUT2D eigenvalue weighted by Crippen LogP contribution is -2.27. The summed E-state index contributed by atoms with van der Waals surface area (Å²) in [5.74, 6) is 0. The maximum Gasteiger partial charge on any atom is 0.512 e. The molecule has 0 saturated heterocycles. The summed E-state index contributed by atoms with van der Waals surface area (Å²) in [6.07, 6.45) is -14.0. The first-order chi connectivity index (χ1) is 6.16. The van der Waals surface area contributed by atoms with Crippen molar-refractivity contribution in [3.05, 3.63) is 0 Å². The average Bonchev–Trinajstić information content (AvgIpc) is 1.99. The molecular formula is C6H7F5O3. The fourth-order valence-corrected chi connectivity index (χ4v) is 0.502. The van der Waals surface area contributed by atoms with Gasteiger partial charge in [-0.3, -0.25) is 0 Å². The highest BCUT2D eigenvalue weighted by atomic mass is 19.4. The van der Waals surface area contributed by atoms with E-state index in [1.165, 1.54) is 0 Å². The zero-order valence-electron chi connectivity index (χ0n) is 7.03. The van der Waals surface area contributed by atoms with E-state index in [1.807, 2.05) is 0 Å². The molecule has 0 amide bonds. The van der Waals surface area contributed by atoms with Crippen LogP contribution in [0.1, 0.15) is 12.8 Å². The number of hydrogen-bond acceptors (Lipinski definition) is 3. The van der Waals surface area contributed by atoms with Crippen LogP contribution in [0.25, 0.3) is 0 Å². The highest BCUT2D eigenvalue weighted by Crippen LogP contribution is 2.30. The van der Waals surface area contributed by atoms with Gasteiger partial charge in [0.05, 0.1) is 20.0 Å². The predicted molar refractivity (Wildman–Crippen MR) is 33.7 cm³/mol. The number of ether oxygens (including phenoxy) is 2. The Morgan fingerprint density at radius 1 is 1.14 bits per heavy atom. The topological polar surface area (TPSA) is 35.5 Å². The van der Waals surface area contributed by atoms with Gasteiger partial charge in [-0.15, -0.1) is 0 Å². The van der Waals surface area contributed by atoms with Crippen molar-refractivity contribution in [2.75, 3.05) is 7.11 Å². The summed E-state index contributed by atoms with van der Waals surface area (Å²) < 4.78 is 66.2. The van der Waals surface area contributed by atoms with E-state index >= 15 is 0 Å². The minimum Gasteiger partial charge on any atom is -0.437 e. The molecule has 0 bridgehead atoms. The normalized spacial score (nSPS) is 12.4. The molecule has 0 heterocycles. The molecule has 84 valence electrons. The molecule has 0 saturated carbocycles.